The van der Waals surface area contributed by atoms with E-state index in [4.69, 9.17) is 5.73 Å². The lowest BCUT2D eigenvalue weighted by molar-refractivity contribution is 0.618. The van der Waals surface area contributed by atoms with Gasteiger partial charge in [0, 0.05) is 6.04 Å². The predicted octanol–water partition coefficient (Wildman–Crippen LogP) is 3.49. The first-order valence-electron chi connectivity index (χ1n) is 5.78. The second-order valence-electron chi connectivity index (χ2n) is 4.26. The predicted molar refractivity (Wildman–Crippen MR) is 73.2 cm³/mol. The highest BCUT2D eigenvalue weighted by Crippen LogP contribution is 2.26. The Labute approximate surface area is 114 Å². The molecule has 0 unspecified atom stereocenters. The van der Waals surface area contributed by atoms with Gasteiger partial charge in [0.25, 0.3) is 0 Å². The first kappa shape index (κ1) is 13.2. The summed E-state index contributed by atoms with van der Waals surface area (Å²) in [6.45, 7) is 3.89. The van der Waals surface area contributed by atoms with Crippen LogP contribution in [0.2, 0.25) is 0 Å². The Morgan fingerprint density at radius 3 is 2.89 bits per heavy atom. The Hall–Kier alpha value is -1.20. The molecule has 5 heteroatoms. The van der Waals surface area contributed by atoms with E-state index in [2.05, 4.69) is 20.9 Å². The second kappa shape index (κ2) is 5.20. The van der Waals surface area contributed by atoms with E-state index < -0.39 is 0 Å². The van der Waals surface area contributed by atoms with Crippen molar-refractivity contribution >= 4 is 15.9 Å². The number of nitrogens with zero attached hydrogens (tertiary/aromatic N) is 2. The van der Waals surface area contributed by atoms with E-state index in [0.717, 1.165) is 23.4 Å². The summed E-state index contributed by atoms with van der Waals surface area (Å²) in [4.78, 5) is 4.13. The molecule has 0 aliphatic carbocycles. The van der Waals surface area contributed by atoms with E-state index in [-0.39, 0.29) is 11.9 Å². The van der Waals surface area contributed by atoms with Gasteiger partial charge in [0.15, 0.2) is 0 Å². The molecule has 96 valence electrons. The van der Waals surface area contributed by atoms with Crippen LogP contribution in [0.5, 0.6) is 0 Å². The molecule has 1 aromatic carbocycles. The number of hydrogen-bond donors (Lipinski definition) is 1. The van der Waals surface area contributed by atoms with E-state index in [0.29, 0.717) is 4.47 Å². The van der Waals surface area contributed by atoms with Gasteiger partial charge in [0.2, 0.25) is 0 Å². The fourth-order valence-corrected chi connectivity index (χ4v) is 2.22. The van der Waals surface area contributed by atoms with Crippen LogP contribution in [0.25, 0.3) is 5.69 Å². The normalized spacial score (nSPS) is 12.7. The zero-order valence-corrected chi connectivity index (χ0v) is 11.9. The van der Waals surface area contributed by atoms with Gasteiger partial charge in [-0.1, -0.05) is 6.92 Å². The summed E-state index contributed by atoms with van der Waals surface area (Å²) in [7, 11) is 0. The third-order valence-electron chi connectivity index (χ3n) is 2.99. The number of aromatic nitrogens is 2. The molecule has 0 saturated carbocycles. The lowest BCUT2D eigenvalue weighted by atomic mass is 10.1. The number of imidazole rings is 1. The molecular weight excluding hydrogens is 297 g/mol. The third kappa shape index (κ3) is 2.33. The van der Waals surface area contributed by atoms with Crippen LogP contribution in [0.3, 0.4) is 0 Å². The number of benzene rings is 1. The Bertz CT molecular complexity index is 565. The summed E-state index contributed by atoms with van der Waals surface area (Å²) in [5.74, 6) is -0.266. The monoisotopic (exact) mass is 311 g/mol. The maximum absolute atomic E-state index is 13.4. The molecule has 18 heavy (non-hydrogen) atoms. The SMILES string of the molecule is CC[C@@H](N)c1cncn1-c1cc(Br)c(F)cc1C. The summed E-state index contributed by atoms with van der Waals surface area (Å²) >= 11 is 3.20. The Kier molecular flexibility index (Phi) is 3.82. The van der Waals surface area contributed by atoms with Crippen LogP contribution in [0.4, 0.5) is 4.39 Å². The van der Waals surface area contributed by atoms with Gasteiger partial charge in [0.05, 0.1) is 28.4 Å². The van der Waals surface area contributed by atoms with Crippen molar-refractivity contribution in [1.29, 1.82) is 0 Å². The number of hydrogen-bond acceptors (Lipinski definition) is 2. The number of rotatable bonds is 3. The zero-order chi connectivity index (χ0) is 13.3. The van der Waals surface area contributed by atoms with E-state index >= 15 is 0 Å². The molecule has 0 amide bonds. The minimum absolute atomic E-state index is 0.0734. The van der Waals surface area contributed by atoms with Crippen molar-refractivity contribution in [3.8, 4) is 5.69 Å². The lowest BCUT2D eigenvalue weighted by Crippen LogP contribution is -2.14. The molecule has 2 aromatic rings. The number of nitrogens with two attached hydrogens (primary N) is 1. The van der Waals surface area contributed by atoms with Gasteiger partial charge in [-0.2, -0.15) is 0 Å². The van der Waals surface area contributed by atoms with Crippen LogP contribution < -0.4 is 5.73 Å². The van der Waals surface area contributed by atoms with Gasteiger partial charge < -0.3 is 10.3 Å². The molecule has 0 radical (unpaired) electrons. The second-order valence-corrected chi connectivity index (χ2v) is 5.11. The molecule has 1 heterocycles. The average molecular weight is 312 g/mol. The van der Waals surface area contributed by atoms with Gasteiger partial charge in [-0.25, -0.2) is 9.37 Å². The third-order valence-corrected chi connectivity index (χ3v) is 3.59. The maximum atomic E-state index is 13.4. The van der Waals surface area contributed by atoms with Crippen LogP contribution in [0, 0.1) is 12.7 Å². The fourth-order valence-electron chi connectivity index (χ4n) is 1.89. The Morgan fingerprint density at radius 1 is 1.50 bits per heavy atom. The minimum Gasteiger partial charge on any atom is -0.323 e. The highest BCUT2D eigenvalue weighted by molar-refractivity contribution is 9.10. The molecule has 1 aromatic heterocycles. The van der Waals surface area contributed by atoms with Gasteiger partial charge in [0.1, 0.15) is 5.82 Å². The molecule has 0 saturated heterocycles. The first-order chi connectivity index (χ1) is 8.54. The van der Waals surface area contributed by atoms with Gasteiger partial charge in [-0.3, -0.25) is 0 Å². The van der Waals surface area contributed by atoms with Crippen LogP contribution >= 0.6 is 15.9 Å². The largest absolute Gasteiger partial charge is 0.323 e. The van der Waals surface area contributed by atoms with Crippen molar-refractivity contribution in [2.45, 2.75) is 26.3 Å². The quantitative estimate of drug-likeness (QED) is 0.943. The van der Waals surface area contributed by atoms with Crippen LogP contribution in [0.15, 0.2) is 29.1 Å². The van der Waals surface area contributed by atoms with E-state index in [9.17, 15) is 4.39 Å². The van der Waals surface area contributed by atoms with Gasteiger partial charge in [-0.15, -0.1) is 0 Å². The molecule has 1 atom stereocenters. The average Bonchev–Trinajstić information content (AvgIpc) is 2.81. The Morgan fingerprint density at radius 2 is 2.22 bits per heavy atom. The zero-order valence-electron chi connectivity index (χ0n) is 10.3. The number of halogens is 2. The van der Waals surface area contributed by atoms with E-state index in [1.54, 1.807) is 18.6 Å². The van der Waals surface area contributed by atoms with Crippen molar-refractivity contribution in [2.24, 2.45) is 5.73 Å². The topological polar surface area (TPSA) is 43.8 Å². The molecule has 0 aliphatic rings. The van der Waals surface area contributed by atoms with Crippen LogP contribution in [-0.2, 0) is 0 Å². The minimum atomic E-state index is -0.266. The van der Waals surface area contributed by atoms with E-state index in [1.165, 1.54) is 6.07 Å². The molecule has 2 N–H and O–H groups in total. The summed E-state index contributed by atoms with van der Waals surface area (Å²) < 4.78 is 15.8. The van der Waals surface area contributed by atoms with Crippen molar-refractivity contribution < 1.29 is 4.39 Å². The highest BCUT2D eigenvalue weighted by atomic mass is 79.9. The summed E-state index contributed by atoms with van der Waals surface area (Å²) in [5.41, 5.74) is 8.71. The smallest absolute Gasteiger partial charge is 0.137 e. The molecule has 0 spiro atoms. The van der Waals surface area contributed by atoms with Crippen molar-refractivity contribution in [1.82, 2.24) is 9.55 Å². The summed E-state index contributed by atoms with van der Waals surface area (Å²) in [6.07, 6.45) is 4.29. The molecule has 0 bridgehead atoms. The first-order valence-corrected chi connectivity index (χ1v) is 6.57. The molecular formula is C13H15BrFN3. The molecule has 3 nitrogen and oxygen atoms in total. The lowest BCUT2D eigenvalue weighted by Gasteiger charge is -2.15. The van der Waals surface area contributed by atoms with Crippen molar-refractivity contribution in [2.75, 3.05) is 0 Å². The van der Waals surface area contributed by atoms with Crippen molar-refractivity contribution in [3.05, 3.63) is 46.2 Å². The molecule has 0 fully saturated rings. The molecule has 2 rings (SSSR count). The van der Waals surface area contributed by atoms with Crippen molar-refractivity contribution in [3.63, 3.8) is 0 Å². The standard InChI is InChI=1S/C13H15BrFN3/c1-3-11(16)13-6-17-7-18(13)12-5-9(14)10(15)4-8(12)2/h4-7,11H,3,16H2,1-2H3/t11-/m1/s1. The highest BCUT2D eigenvalue weighted by Gasteiger charge is 2.14. The van der Waals surface area contributed by atoms with Crippen LogP contribution in [-0.4, -0.2) is 9.55 Å². The maximum Gasteiger partial charge on any atom is 0.137 e. The summed E-state index contributed by atoms with van der Waals surface area (Å²) in [5, 5.41) is 0. The fraction of sp³-hybridized carbons (Fsp3) is 0.308. The molecule has 0 aliphatic heterocycles. The Balaban J connectivity index is 2.56. The van der Waals surface area contributed by atoms with E-state index in [1.807, 2.05) is 18.4 Å². The van der Waals surface area contributed by atoms with Gasteiger partial charge in [-0.05, 0) is 47.0 Å². The van der Waals surface area contributed by atoms with Crippen LogP contribution in [0.1, 0.15) is 30.6 Å². The summed E-state index contributed by atoms with van der Waals surface area (Å²) in [6, 6.07) is 3.18. The van der Waals surface area contributed by atoms with Gasteiger partial charge >= 0.3 is 0 Å². The number of aryl methyl sites for hydroxylation is 1.